The van der Waals surface area contributed by atoms with Crippen molar-refractivity contribution in [3.63, 3.8) is 0 Å². The van der Waals surface area contributed by atoms with Crippen LogP contribution in [0.1, 0.15) is 45.4 Å². The highest BCUT2D eigenvalue weighted by Gasteiger charge is 2.27. The van der Waals surface area contributed by atoms with E-state index in [4.69, 9.17) is 46.4 Å². The van der Waals surface area contributed by atoms with Crippen LogP contribution in [0, 0.1) is 5.92 Å². The molecule has 42 nitrogen and oxygen atoms in total. The van der Waals surface area contributed by atoms with Crippen LogP contribution in [-0.2, 0) is 40.1 Å². The predicted molar refractivity (Wildman–Crippen MR) is 561 cm³/mol. The number of nitrogens with one attached hydrogen (secondary N) is 12. The Morgan fingerprint density at radius 3 is 0.889 bits per heavy atom. The summed E-state index contributed by atoms with van der Waals surface area (Å²) >= 11 is 26.4. The lowest BCUT2D eigenvalue weighted by Gasteiger charge is -2.26. The summed E-state index contributed by atoms with van der Waals surface area (Å²) in [6, 6.07) is 40.7. The lowest BCUT2D eigenvalue weighted by Crippen LogP contribution is -2.34. The van der Waals surface area contributed by atoms with E-state index in [0.29, 0.717) is 61.1 Å². The van der Waals surface area contributed by atoms with E-state index in [2.05, 4.69) is 99.1 Å². The Morgan fingerprint density at radius 2 is 0.632 bits per heavy atom. The second-order valence-corrected chi connectivity index (χ2v) is 46.5. The van der Waals surface area contributed by atoms with Gasteiger partial charge in [0.05, 0.1) is 108 Å². The normalized spacial score (nSPS) is 12.7. The van der Waals surface area contributed by atoms with E-state index in [1.807, 2.05) is 81.5 Å². The number of sulfonamides is 4. The van der Waals surface area contributed by atoms with E-state index in [0.717, 1.165) is 133 Å². The molecule has 12 N–H and O–H groups in total. The molecule has 0 unspecified atom stereocenters. The molecular weight excluding hydrogens is 2100 g/mol. The van der Waals surface area contributed by atoms with Crippen LogP contribution in [0.4, 0.5) is 64.7 Å². The molecule has 144 heavy (non-hydrogen) atoms. The molecular formula is C90H86Cl4N26O16S8. The highest BCUT2D eigenvalue weighted by atomic mass is 35.5. The monoisotopic (exact) mass is 2180 g/mol. The van der Waals surface area contributed by atoms with Gasteiger partial charge < -0.3 is 52.3 Å². The Balaban J connectivity index is 0.000000145. The fourth-order valence-electron chi connectivity index (χ4n) is 13.9. The molecule has 1 saturated heterocycles. The van der Waals surface area contributed by atoms with E-state index in [1.165, 1.54) is 198 Å². The number of likely N-dealkylation sites (tertiary alicyclic amines) is 1. The quantitative estimate of drug-likeness (QED) is 0.0199. The van der Waals surface area contributed by atoms with Gasteiger partial charge in [-0.3, -0.25) is 37.4 Å². The number of rotatable bonds is 30. The van der Waals surface area contributed by atoms with Crippen LogP contribution in [0.2, 0.25) is 17.3 Å². The fourth-order valence-corrected chi connectivity index (χ4v) is 23.5. The molecule has 18 rings (SSSR count). The van der Waals surface area contributed by atoms with Crippen molar-refractivity contribution < 1.29 is 52.8 Å². The minimum atomic E-state index is -4.06. The Bertz CT molecular complexity index is 8220. The van der Waals surface area contributed by atoms with Gasteiger partial charge >= 0.3 is 24.1 Å². The van der Waals surface area contributed by atoms with Crippen molar-refractivity contribution in [3.8, 4) is 23.3 Å². The van der Waals surface area contributed by atoms with Crippen LogP contribution in [-0.4, -0.2) is 192 Å². The van der Waals surface area contributed by atoms with Crippen LogP contribution < -0.4 is 83.7 Å². The number of amides is 8. The molecule has 4 aromatic carbocycles. The molecule has 0 bridgehead atoms. The number of urea groups is 4. The molecule has 1 aliphatic carbocycles. The van der Waals surface area contributed by atoms with Gasteiger partial charge in [0.25, 0.3) is 62.3 Å². The van der Waals surface area contributed by atoms with Gasteiger partial charge in [0, 0.05) is 62.0 Å². The summed E-state index contributed by atoms with van der Waals surface area (Å²) < 4.78 is 112. The van der Waals surface area contributed by atoms with Crippen molar-refractivity contribution in [2.45, 2.75) is 62.3 Å². The molecule has 0 radical (unpaired) electrons. The third-order valence-corrected chi connectivity index (χ3v) is 33.4. The first-order valence-electron chi connectivity index (χ1n) is 43.6. The summed E-state index contributed by atoms with van der Waals surface area (Å²) in [5.41, 5.74) is 5.60. The Labute approximate surface area is 857 Å². The van der Waals surface area contributed by atoms with Gasteiger partial charge in [-0.25, -0.2) is 112 Å². The van der Waals surface area contributed by atoms with Crippen molar-refractivity contribution in [1.82, 2.24) is 86.8 Å². The van der Waals surface area contributed by atoms with Crippen LogP contribution in [0.5, 0.6) is 0 Å². The first-order valence-corrected chi connectivity index (χ1v) is 54.3. The minimum absolute atomic E-state index is 0.0832. The largest absolute Gasteiger partial charge is 0.385 e. The molecule has 0 atom stereocenters. The first-order chi connectivity index (χ1) is 68.9. The number of thiophene rings is 4. The number of piperidine rings is 1. The molecule has 0 spiro atoms. The highest BCUT2D eigenvalue weighted by Crippen LogP contribution is 2.33. The number of aromatic nitrogens is 12. The third kappa shape index (κ3) is 27.5. The van der Waals surface area contributed by atoms with Crippen LogP contribution >= 0.6 is 91.8 Å². The van der Waals surface area contributed by atoms with Gasteiger partial charge in [-0.1, -0.05) is 59.7 Å². The average molecular weight is 2190 g/mol. The lowest BCUT2D eigenvalue weighted by atomic mass is 10.1. The summed E-state index contributed by atoms with van der Waals surface area (Å²) in [6.07, 6.45) is 18.1. The molecule has 12 aromatic heterocycles. The number of pyridine rings is 4. The zero-order chi connectivity index (χ0) is 102. The highest BCUT2D eigenvalue weighted by molar-refractivity contribution is 7.93. The number of carbonyl (C=O) groups is 4. The number of fused-ring (bicyclic) bond motifs is 4. The fraction of sp³-hybridized carbons (Fsp3) is 0.200. The van der Waals surface area contributed by atoms with E-state index >= 15 is 0 Å². The Morgan fingerprint density at radius 1 is 0.354 bits per heavy atom. The summed E-state index contributed by atoms with van der Waals surface area (Å²) in [7, 11) is -12.2. The number of anilines is 8. The minimum Gasteiger partial charge on any atom is -0.385 e. The summed E-state index contributed by atoms with van der Waals surface area (Å²) in [5.74, 6) is 1.90. The third-order valence-electron chi connectivity index (χ3n) is 21.2. The maximum atomic E-state index is 13.1. The first kappa shape index (κ1) is 104. The lowest BCUT2D eigenvalue weighted by molar-refractivity contribution is 0.237. The smallest absolute Gasteiger partial charge is 0.333 e. The van der Waals surface area contributed by atoms with Crippen molar-refractivity contribution in [3.05, 3.63) is 279 Å². The number of halogens is 4. The van der Waals surface area contributed by atoms with Crippen LogP contribution in [0.25, 0.3) is 66.9 Å². The number of nitrogens with zero attached hydrogens (tertiary/aromatic N) is 14. The van der Waals surface area contributed by atoms with Gasteiger partial charge in [0.1, 0.15) is 65.4 Å². The van der Waals surface area contributed by atoms with Crippen molar-refractivity contribution in [1.29, 1.82) is 0 Å². The van der Waals surface area contributed by atoms with Gasteiger partial charge in [-0.2, -0.15) is 0 Å². The topological polar surface area (TPSA) is 547 Å². The molecule has 8 amide bonds. The van der Waals surface area contributed by atoms with Crippen molar-refractivity contribution in [2.75, 3.05) is 109 Å². The van der Waals surface area contributed by atoms with Gasteiger partial charge in [0.15, 0.2) is 0 Å². The summed E-state index contributed by atoms with van der Waals surface area (Å²) in [4.78, 5) is 140. The zero-order valence-electron chi connectivity index (χ0n) is 75.8. The maximum absolute atomic E-state index is 13.1. The Kier molecular flexibility index (Phi) is 33.8. The van der Waals surface area contributed by atoms with E-state index in [1.54, 1.807) is 24.3 Å². The van der Waals surface area contributed by atoms with Gasteiger partial charge in [0.2, 0.25) is 0 Å². The number of likely N-dealkylation sites (N-methyl/N-ethyl adjacent to an activating group) is 1. The second-order valence-electron chi connectivity index (χ2n) is 32.0. The molecule has 1 aliphatic heterocycles. The number of hydrogen-bond acceptors (Lipinski definition) is 34. The molecule has 54 heteroatoms. The Hall–Kier alpha value is -14.0. The van der Waals surface area contributed by atoms with E-state index in [-0.39, 0.29) is 85.0 Å². The molecule has 2 fully saturated rings. The molecule has 1 saturated carbocycles. The van der Waals surface area contributed by atoms with Gasteiger partial charge in [-0.15, -0.1) is 45.3 Å². The number of benzene rings is 4. The van der Waals surface area contributed by atoms with Crippen molar-refractivity contribution >= 4 is 245 Å². The molecule has 748 valence electrons. The van der Waals surface area contributed by atoms with E-state index in [9.17, 15) is 72.0 Å². The van der Waals surface area contributed by atoms with Crippen molar-refractivity contribution in [2.24, 2.45) is 5.92 Å². The predicted octanol–water partition coefficient (Wildman–Crippen LogP) is 14.5. The second kappa shape index (κ2) is 46.6. The van der Waals surface area contributed by atoms with Crippen LogP contribution in [0.15, 0.2) is 256 Å². The summed E-state index contributed by atoms with van der Waals surface area (Å²) in [5, 5.41) is 24.7. The standard InChI is InChI=1S/C25H26ClN7O4S2.C22H22ClN7O4S2.C22H19ClN6O4S2.C21H19ClN6O4S2/c26-21-7-9-23(38-21)39(36,37)31-25(35)30-18-5-8-22(28-15-18)33-16-29-20-14-17(4-6-19(20)24(33)34)27-10-13-32-11-2-1-3-12-32;1-29(2)10-9-24-14-3-5-16-17(11-14)26-13-30(21(16)31)19-7-4-15(12-25-19)27-22(32)28-36(33,34)20-8-6-18(23)35-20;23-18-6-8-20(34-18)35(32,33)28-22(31)27-15-4-7-19(25-11-15)29-12-26-17-9-14(24-10-13-1-2-13)3-5-16(17)21(29)30;1-2-9-23-13-3-5-15-16(10-13)25-12-28(20(15)29)18-7-4-14(11-24-18)26-21(30)27-34(31,32)19-8-6-17(22)33-19/h4-9,14-16,27H,1-3,10-13H2,(H2,30,31,35);3-8,11-13,24H,9-10H2,1-2H3,(H2,27,28,32);3-9,11-13,24H,1-2,10H2,(H2,27,28,31);3-8,10-12,23H,2,9H2,1H3,(H2,26,27,30). The molecule has 2 aliphatic rings. The molecule has 13 heterocycles. The summed E-state index contributed by atoms with van der Waals surface area (Å²) in [6.45, 7) is 9.51. The molecule has 16 aromatic rings. The van der Waals surface area contributed by atoms with E-state index < -0.39 is 64.2 Å². The SMILES string of the molecule is CCCNc1ccc2c(=O)n(-c3ccc(NC(=O)NS(=O)(=O)c4ccc(Cl)s4)cn3)cnc2c1.CN(C)CCNc1ccc2c(=O)n(-c3ccc(NC(=O)NS(=O)(=O)c4ccc(Cl)s4)cn3)cnc2c1.O=C(Nc1ccc(-n2cnc3cc(NCC4CC4)ccc3c2=O)nc1)NS(=O)(=O)c1ccc(Cl)s1.O=C(Nc1ccc(-n2cnc3cc(NCCN4CCCCC4)ccc3c2=O)nc1)NS(=O)(=O)c1ccc(Cl)s1. The maximum Gasteiger partial charge on any atom is 0.333 e. The van der Waals surface area contributed by atoms with Crippen LogP contribution in [0.3, 0.4) is 0 Å². The number of carbonyl (C=O) groups excluding carboxylic acids is 4. The average Bonchev–Trinajstić information content (AvgIpc) is 1.45. The van der Waals surface area contributed by atoms with Gasteiger partial charge in [-0.05, 0) is 235 Å². The zero-order valence-corrected chi connectivity index (χ0v) is 85.4. The number of hydrogen-bond donors (Lipinski definition) is 12.